The fraction of sp³-hybridized carbons (Fsp3) is 0.273. The Hall–Kier alpha value is -2.86. The third-order valence-electron chi connectivity index (χ3n) is 5.60. The zero-order chi connectivity index (χ0) is 17.1. The zero-order valence-corrected chi connectivity index (χ0v) is 14.1. The number of nitriles is 1. The molecule has 3 nitrogen and oxygen atoms in total. The molecule has 124 valence electrons. The standard InChI is InChI=1S/C22H21N3/c23-16-22(18-7-3-1-4-8-18,19-9-5-2-6-10-19)20-11-12-21(15-20)25-14-13-24-17-25/h1-10,13-14,17,20-21H,11-12,15H2. The third kappa shape index (κ3) is 2.64. The maximum absolute atomic E-state index is 10.4. The van der Waals surface area contributed by atoms with Crippen molar-refractivity contribution in [1.82, 2.24) is 9.55 Å². The highest BCUT2D eigenvalue weighted by atomic mass is 15.1. The van der Waals surface area contributed by atoms with Crippen LogP contribution in [0.4, 0.5) is 0 Å². The lowest BCUT2D eigenvalue weighted by atomic mass is 9.66. The van der Waals surface area contributed by atoms with Gasteiger partial charge in [0.1, 0.15) is 5.41 Å². The third-order valence-corrected chi connectivity index (χ3v) is 5.60. The summed E-state index contributed by atoms with van der Waals surface area (Å²) in [6.07, 6.45) is 8.88. The largest absolute Gasteiger partial charge is 0.334 e. The molecule has 0 spiro atoms. The number of hydrogen-bond acceptors (Lipinski definition) is 2. The molecule has 0 N–H and O–H groups in total. The zero-order valence-electron chi connectivity index (χ0n) is 14.1. The van der Waals surface area contributed by atoms with Crippen molar-refractivity contribution in [2.45, 2.75) is 30.7 Å². The van der Waals surface area contributed by atoms with E-state index in [0.29, 0.717) is 6.04 Å². The van der Waals surface area contributed by atoms with Crippen LogP contribution in [0, 0.1) is 17.2 Å². The fourth-order valence-electron chi connectivity index (χ4n) is 4.37. The molecule has 0 aliphatic heterocycles. The molecule has 1 heterocycles. The first-order valence-electron chi connectivity index (χ1n) is 8.84. The van der Waals surface area contributed by atoms with Crippen molar-refractivity contribution in [2.75, 3.05) is 0 Å². The molecule has 4 rings (SSSR count). The summed E-state index contributed by atoms with van der Waals surface area (Å²) in [5.74, 6) is 0.287. The minimum absolute atomic E-state index is 0.287. The van der Waals surface area contributed by atoms with Crippen LogP contribution in [0.3, 0.4) is 0 Å². The van der Waals surface area contributed by atoms with Gasteiger partial charge in [-0.25, -0.2) is 4.98 Å². The molecule has 25 heavy (non-hydrogen) atoms. The highest BCUT2D eigenvalue weighted by Crippen LogP contribution is 2.49. The van der Waals surface area contributed by atoms with E-state index in [0.717, 1.165) is 30.4 Å². The first-order valence-corrected chi connectivity index (χ1v) is 8.84. The molecule has 2 unspecified atom stereocenters. The van der Waals surface area contributed by atoms with Gasteiger partial charge in [-0.2, -0.15) is 5.26 Å². The lowest BCUT2D eigenvalue weighted by molar-refractivity contribution is 0.381. The van der Waals surface area contributed by atoms with Crippen molar-refractivity contribution < 1.29 is 0 Å². The molecule has 0 bridgehead atoms. The van der Waals surface area contributed by atoms with E-state index in [-0.39, 0.29) is 5.92 Å². The van der Waals surface area contributed by atoms with E-state index in [2.05, 4.69) is 39.9 Å². The highest BCUT2D eigenvalue weighted by Gasteiger charge is 2.46. The second-order valence-corrected chi connectivity index (χ2v) is 6.83. The van der Waals surface area contributed by atoms with Crippen molar-refractivity contribution in [1.29, 1.82) is 5.26 Å². The summed E-state index contributed by atoms with van der Waals surface area (Å²) in [4.78, 5) is 4.19. The number of imidazole rings is 1. The van der Waals surface area contributed by atoms with E-state index in [4.69, 9.17) is 0 Å². The van der Waals surface area contributed by atoms with E-state index in [9.17, 15) is 5.26 Å². The second kappa shape index (κ2) is 6.57. The first kappa shape index (κ1) is 15.7. The SMILES string of the molecule is N#CC(c1ccccc1)(c1ccccc1)C1CCC(n2ccnc2)C1. The number of benzene rings is 2. The lowest BCUT2D eigenvalue weighted by Gasteiger charge is -2.34. The topological polar surface area (TPSA) is 41.6 Å². The Morgan fingerprint density at radius 3 is 2.12 bits per heavy atom. The molecule has 2 aromatic carbocycles. The Bertz CT molecular complexity index is 808. The van der Waals surface area contributed by atoms with Crippen LogP contribution in [-0.2, 0) is 5.41 Å². The smallest absolute Gasteiger partial charge is 0.110 e. The molecule has 1 aliphatic carbocycles. The second-order valence-electron chi connectivity index (χ2n) is 6.83. The Kier molecular flexibility index (Phi) is 4.11. The Morgan fingerprint density at radius 1 is 0.960 bits per heavy atom. The summed E-state index contributed by atoms with van der Waals surface area (Å²) >= 11 is 0. The maximum atomic E-state index is 10.4. The Morgan fingerprint density at radius 2 is 1.60 bits per heavy atom. The molecular weight excluding hydrogens is 306 g/mol. The molecule has 3 aromatic rings. The van der Waals surface area contributed by atoms with Crippen molar-refractivity contribution in [3.05, 3.63) is 90.5 Å². The first-order chi connectivity index (χ1) is 12.3. The summed E-state index contributed by atoms with van der Waals surface area (Å²) in [6.45, 7) is 0. The summed E-state index contributed by atoms with van der Waals surface area (Å²) in [5.41, 5.74) is 1.60. The predicted molar refractivity (Wildman–Crippen MR) is 97.9 cm³/mol. The van der Waals surface area contributed by atoms with Gasteiger partial charge in [-0.15, -0.1) is 0 Å². The van der Waals surface area contributed by atoms with E-state index >= 15 is 0 Å². The molecule has 0 amide bonds. The van der Waals surface area contributed by atoms with Gasteiger partial charge in [0.15, 0.2) is 0 Å². The highest BCUT2D eigenvalue weighted by molar-refractivity contribution is 5.47. The van der Waals surface area contributed by atoms with Gasteiger partial charge in [0.05, 0.1) is 12.4 Å². The van der Waals surface area contributed by atoms with E-state index in [1.54, 1.807) is 0 Å². The van der Waals surface area contributed by atoms with Crippen molar-refractivity contribution >= 4 is 0 Å². The van der Waals surface area contributed by atoms with Gasteiger partial charge in [-0.3, -0.25) is 0 Å². The van der Waals surface area contributed by atoms with Gasteiger partial charge in [-0.1, -0.05) is 60.7 Å². The molecule has 1 aliphatic rings. The van der Waals surface area contributed by atoms with Gasteiger partial charge in [0.2, 0.25) is 0 Å². The molecule has 0 saturated heterocycles. The quantitative estimate of drug-likeness (QED) is 0.695. The molecule has 0 radical (unpaired) electrons. The van der Waals surface area contributed by atoms with Crippen LogP contribution in [0.25, 0.3) is 0 Å². The number of nitrogens with zero attached hydrogens (tertiary/aromatic N) is 3. The van der Waals surface area contributed by atoms with Crippen molar-refractivity contribution in [3.63, 3.8) is 0 Å². The Labute approximate surface area is 148 Å². The minimum Gasteiger partial charge on any atom is -0.334 e. The molecule has 2 atom stereocenters. The molecule has 1 fully saturated rings. The van der Waals surface area contributed by atoms with E-state index < -0.39 is 5.41 Å². The minimum atomic E-state index is -0.599. The number of aromatic nitrogens is 2. The van der Waals surface area contributed by atoms with E-state index in [1.165, 1.54) is 0 Å². The lowest BCUT2D eigenvalue weighted by Crippen LogP contribution is -2.34. The summed E-state index contributed by atoms with van der Waals surface area (Å²) in [7, 11) is 0. The van der Waals surface area contributed by atoms with Crippen LogP contribution < -0.4 is 0 Å². The molecule has 1 aromatic heterocycles. The predicted octanol–water partition coefficient (Wildman–Crippen LogP) is 4.73. The monoisotopic (exact) mass is 327 g/mol. The van der Waals surface area contributed by atoms with Gasteiger partial charge >= 0.3 is 0 Å². The summed E-state index contributed by atoms with van der Waals surface area (Å²) in [6, 6.07) is 23.7. The van der Waals surface area contributed by atoms with Gasteiger partial charge < -0.3 is 4.57 Å². The normalized spacial score (nSPS) is 20.3. The number of rotatable bonds is 4. The molecule has 3 heteroatoms. The van der Waals surface area contributed by atoms with Gasteiger partial charge in [0, 0.05) is 18.4 Å². The van der Waals surface area contributed by atoms with Crippen molar-refractivity contribution in [2.24, 2.45) is 5.92 Å². The van der Waals surface area contributed by atoms with Crippen LogP contribution in [0.1, 0.15) is 36.4 Å². The Balaban J connectivity index is 1.78. The van der Waals surface area contributed by atoms with Gasteiger partial charge in [0.25, 0.3) is 0 Å². The fourth-order valence-corrected chi connectivity index (χ4v) is 4.37. The van der Waals surface area contributed by atoms with Crippen LogP contribution in [-0.4, -0.2) is 9.55 Å². The van der Waals surface area contributed by atoms with Crippen LogP contribution in [0.2, 0.25) is 0 Å². The molecular formula is C22H21N3. The number of hydrogen-bond donors (Lipinski definition) is 0. The van der Waals surface area contributed by atoms with E-state index in [1.807, 2.05) is 55.1 Å². The van der Waals surface area contributed by atoms with Crippen LogP contribution >= 0.6 is 0 Å². The summed E-state index contributed by atoms with van der Waals surface area (Å²) < 4.78 is 2.19. The van der Waals surface area contributed by atoms with Crippen LogP contribution in [0.15, 0.2) is 79.4 Å². The van der Waals surface area contributed by atoms with Crippen molar-refractivity contribution in [3.8, 4) is 6.07 Å². The summed E-state index contributed by atoms with van der Waals surface area (Å²) in [5, 5.41) is 10.4. The van der Waals surface area contributed by atoms with Gasteiger partial charge in [-0.05, 0) is 36.3 Å². The maximum Gasteiger partial charge on any atom is 0.110 e. The average Bonchev–Trinajstić information content (AvgIpc) is 3.37. The van der Waals surface area contributed by atoms with Crippen LogP contribution in [0.5, 0.6) is 0 Å². The molecule has 1 saturated carbocycles. The average molecular weight is 327 g/mol.